The molecule has 0 fully saturated rings. The number of amides is 1. The number of hydrogen-bond donors (Lipinski definition) is 1. The van der Waals surface area contributed by atoms with Gasteiger partial charge in [0.25, 0.3) is 5.91 Å². The van der Waals surface area contributed by atoms with E-state index in [1.807, 2.05) is 49.6 Å². The zero-order valence-electron chi connectivity index (χ0n) is 15.7. The van der Waals surface area contributed by atoms with Gasteiger partial charge in [-0.05, 0) is 35.4 Å². The van der Waals surface area contributed by atoms with Crippen LogP contribution in [0.5, 0.6) is 0 Å². The lowest BCUT2D eigenvalue weighted by molar-refractivity contribution is 0.0945. The minimum absolute atomic E-state index is 0.193. The second kappa shape index (κ2) is 7.48. The first-order chi connectivity index (χ1) is 13.6. The second-order valence-electron chi connectivity index (χ2n) is 6.56. The summed E-state index contributed by atoms with van der Waals surface area (Å²) in [7, 11) is 3.69. The molecule has 3 heterocycles. The molecular formula is C21H20N6O. The smallest absolute Gasteiger partial charge is 0.272 e. The van der Waals surface area contributed by atoms with Crippen molar-refractivity contribution in [3.63, 3.8) is 0 Å². The van der Waals surface area contributed by atoms with Crippen LogP contribution in [0.2, 0.25) is 0 Å². The van der Waals surface area contributed by atoms with Crippen molar-refractivity contribution in [2.45, 2.75) is 6.54 Å². The van der Waals surface area contributed by atoms with Crippen LogP contribution in [0.4, 0.5) is 0 Å². The van der Waals surface area contributed by atoms with E-state index in [0.717, 1.165) is 27.9 Å². The maximum Gasteiger partial charge on any atom is 0.272 e. The molecule has 0 aliphatic heterocycles. The minimum atomic E-state index is -0.193. The Hall–Kier alpha value is -3.74. The molecule has 4 aromatic rings. The van der Waals surface area contributed by atoms with Crippen molar-refractivity contribution in [2.75, 3.05) is 0 Å². The number of hydrogen-bond acceptors (Lipinski definition) is 4. The third-order valence-electron chi connectivity index (χ3n) is 4.42. The zero-order chi connectivity index (χ0) is 19.5. The molecule has 0 saturated carbocycles. The molecule has 0 aliphatic rings. The van der Waals surface area contributed by atoms with Crippen molar-refractivity contribution in [3.05, 3.63) is 78.5 Å². The van der Waals surface area contributed by atoms with Crippen molar-refractivity contribution >= 4 is 5.91 Å². The molecule has 4 rings (SSSR count). The van der Waals surface area contributed by atoms with Crippen LogP contribution >= 0.6 is 0 Å². The van der Waals surface area contributed by atoms with Crippen LogP contribution in [-0.4, -0.2) is 30.5 Å². The Balaban J connectivity index is 1.57. The molecule has 0 spiro atoms. The topological polar surface area (TPSA) is 77.6 Å². The van der Waals surface area contributed by atoms with E-state index in [0.29, 0.717) is 12.2 Å². The highest BCUT2D eigenvalue weighted by molar-refractivity contribution is 5.92. The van der Waals surface area contributed by atoms with Crippen molar-refractivity contribution in [1.29, 1.82) is 0 Å². The Morgan fingerprint density at radius 3 is 2.57 bits per heavy atom. The Labute approximate surface area is 162 Å². The van der Waals surface area contributed by atoms with Crippen LogP contribution in [0.25, 0.3) is 22.4 Å². The fourth-order valence-electron chi connectivity index (χ4n) is 3.08. The van der Waals surface area contributed by atoms with Crippen LogP contribution in [0, 0.1) is 0 Å². The van der Waals surface area contributed by atoms with Gasteiger partial charge in [0.15, 0.2) is 0 Å². The molecule has 3 aromatic heterocycles. The standard InChI is InChI=1S/C21H20N6O/c1-26-11-8-19(24-26)21(28)23-13-15-4-3-5-17(12-15)20-18(14-27(2)25-20)16-6-9-22-10-7-16/h3-12,14H,13H2,1-2H3,(H,23,28). The SMILES string of the molecule is Cn1ccc(C(=O)NCc2cccc(-c3nn(C)cc3-c3ccncc3)c2)n1. The van der Waals surface area contributed by atoms with E-state index in [2.05, 4.69) is 20.5 Å². The lowest BCUT2D eigenvalue weighted by atomic mass is 10.0. The predicted molar refractivity (Wildman–Crippen MR) is 106 cm³/mol. The van der Waals surface area contributed by atoms with Crippen molar-refractivity contribution in [1.82, 2.24) is 29.9 Å². The first-order valence-corrected chi connectivity index (χ1v) is 8.91. The highest BCUT2D eigenvalue weighted by Crippen LogP contribution is 2.30. The molecule has 1 aromatic carbocycles. The zero-order valence-corrected chi connectivity index (χ0v) is 15.7. The van der Waals surface area contributed by atoms with Gasteiger partial charge in [-0.3, -0.25) is 19.1 Å². The van der Waals surface area contributed by atoms with Gasteiger partial charge in [0.05, 0.1) is 0 Å². The number of benzene rings is 1. The molecule has 7 nitrogen and oxygen atoms in total. The monoisotopic (exact) mass is 372 g/mol. The molecule has 7 heteroatoms. The third-order valence-corrected chi connectivity index (χ3v) is 4.42. The van der Waals surface area contributed by atoms with Gasteiger partial charge >= 0.3 is 0 Å². The van der Waals surface area contributed by atoms with Crippen molar-refractivity contribution in [2.24, 2.45) is 14.1 Å². The highest BCUT2D eigenvalue weighted by atomic mass is 16.1. The fourth-order valence-corrected chi connectivity index (χ4v) is 3.08. The average Bonchev–Trinajstić information content (AvgIpc) is 3.33. The Morgan fingerprint density at radius 1 is 1.00 bits per heavy atom. The Bertz CT molecular complexity index is 1110. The first kappa shape index (κ1) is 17.7. The van der Waals surface area contributed by atoms with Gasteiger partial charge in [-0.1, -0.05) is 18.2 Å². The summed E-state index contributed by atoms with van der Waals surface area (Å²) in [6.07, 6.45) is 7.29. The van der Waals surface area contributed by atoms with Crippen LogP contribution in [0.3, 0.4) is 0 Å². The molecule has 1 N–H and O–H groups in total. The van der Waals surface area contributed by atoms with Gasteiger partial charge in [-0.15, -0.1) is 0 Å². The van der Waals surface area contributed by atoms with E-state index in [1.165, 1.54) is 0 Å². The Kier molecular flexibility index (Phi) is 4.72. The number of carbonyl (C=O) groups excluding carboxylic acids is 1. The van der Waals surface area contributed by atoms with Crippen LogP contribution < -0.4 is 5.32 Å². The van der Waals surface area contributed by atoms with Crippen LogP contribution in [0.15, 0.2) is 67.3 Å². The van der Waals surface area contributed by atoms with Gasteiger partial charge in [0.1, 0.15) is 11.4 Å². The number of aromatic nitrogens is 5. The van der Waals surface area contributed by atoms with Crippen molar-refractivity contribution in [3.8, 4) is 22.4 Å². The lowest BCUT2D eigenvalue weighted by Crippen LogP contribution is -2.23. The third kappa shape index (κ3) is 3.68. The van der Waals surface area contributed by atoms with Gasteiger partial charge in [-0.25, -0.2) is 0 Å². The number of rotatable bonds is 5. The average molecular weight is 372 g/mol. The molecule has 1 amide bonds. The number of aryl methyl sites for hydroxylation is 2. The molecule has 0 bridgehead atoms. The summed E-state index contributed by atoms with van der Waals surface area (Å²) in [5.41, 5.74) is 5.39. The van der Waals surface area contributed by atoms with E-state index >= 15 is 0 Å². The second-order valence-corrected chi connectivity index (χ2v) is 6.56. The van der Waals surface area contributed by atoms with Crippen LogP contribution in [-0.2, 0) is 20.6 Å². The van der Waals surface area contributed by atoms with Gasteiger partial charge in [0, 0.05) is 56.6 Å². The summed E-state index contributed by atoms with van der Waals surface area (Å²) in [5, 5.41) is 11.7. The summed E-state index contributed by atoms with van der Waals surface area (Å²) in [6, 6.07) is 13.7. The molecule has 0 saturated heterocycles. The predicted octanol–water partition coefficient (Wildman–Crippen LogP) is 2.81. The number of carbonyl (C=O) groups is 1. The lowest BCUT2D eigenvalue weighted by Gasteiger charge is -2.07. The van der Waals surface area contributed by atoms with E-state index in [9.17, 15) is 4.79 Å². The maximum absolute atomic E-state index is 12.2. The van der Waals surface area contributed by atoms with E-state index < -0.39 is 0 Å². The Morgan fingerprint density at radius 2 is 1.82 bits per heavy atom. The molecule has 28 heavy (non-hydrogen) atoms. The summed E-state index contributed by atoms with van der Waals surface area (Å²) in [6.45, 7) is 0.417. The normalized spacial score (nSPS) is 10.8. The van der Waals surface area contributed by atoms with Gasteiger partial charge in [0.2, 0.25) is 0 Å². The number of nitrogens with zero attached hydrogens (tertiary/aromatic N) is 5. The summed E-state index contributed by atoms with van der Waals surface area (Å²) >= 11 is 0. The van der Waals surface area contributed by atoms with E-state index in [-0.39, 0.29) is 5.91 Å². The molecule has 0 atom stereocenters. The molecule has 0 radical (unpaired) electrons. The van der Waals surface area contributed by atoms with Crippen molar-refractivity contribution < 1.29 is 4.79 Å². The van der Waals surface area contributed by atoms with E-state index in [4.69, 9.17) is 0 Å². The van der Waals surface area contributed by atoms with Gasteiger partial charge in [-0.2, -0.15) is 10.2 Å². The molecule has 0 unspecified atom stereocenters. The van der Waals surface area contributed by atoms with Gasteiger partial charge < -0.3 is 5.32 Å². The highest BCUT2D eigenvalue weighted by Gasteiger charge is 2.13. The number of pyridine rings is 1. The van der Waals surface area contributed by atoms with Crippen LogP contribution in [0.1, 0.15) is 16.1 Å². The first-order valence-electron chi connectivity index (χ1n) is 8.91. The maximum atomic E-state index is 12.2. The minimum Gasteiger partial charge on any atom is -0.347 e. The largest absolute Gasteiger partial charge is 0.347 e. The number of nitrogens with one attached hydrogen (secondary N) is 1. The molecule has 140 valence electrons. The summed E-state index contributed by atoms with van der Waals surface area (Å²) < 4.78 is 3.41. The quantitative estimate of drug-likeness (QED) is 0.584. The summed E-state index contributed by atoms with van der Waals surface area (Å²) in [4.78, 5) is 16.3. The van der Waals surface area contributed by atoms with E-state index in [1.54, 1.807) is 41.1 Å². The molecular weight excluding hydrogens is 352 g/mol. The fraction of sp³-hybridized carbons (Fsp3) is 0.143. The summed E-state index contributed by atoms with van der Waals surface area (Å²) in [5.74, 6) is -0.193. The molecule has 0 aliphatic carbocycles.